The average molecular weight is 308 g/mol. The molecule has 11 heteroatoms. The molecule has 0 aliphatic carbocycles. The molecule has 2 rings (SSSR count). The van der Waals surface area contributed by atoms with Crippen molar-refractivity contribution in [2.24, 2.45) is 0 Å². The Morgan fingerprint density at radius 3 is 2.65 bits per heavy atom. The summed E-state index contributed by atoms with van der Waals surface area (Å²) in [6.45, 7) is 0.180. The van der Waals surface area contributed by atoms with Gasteiger partial charge in [-0.25, -0.2) is 9.80 Å². The quantitative estimate of drug-likeness (QED) is 0.483. The van der Waals surface area contributed by atoms with E-state index >= 15 is 0 Å². The maximum absolute atomic E-state index is 12.0. The van der Waals surface area contributed by atoms with Crippen LogP contribution in [0.3, 0.4) is 0 Å². The van der Waals surface area contributed by atoms with E-state index in [-0.39, 0.29) is 12.5 Å². The number of fused-ring (bicyclic) bond motifs is 2. The highest BCUT2D eigenvalue weighted by Crippen LogP contribution is 2.30. The second-order valence-corrected chi connectivity index (χ2v) is 5.88. The van der Waals surface area contributed by atoms with Crippen LogP contribution in [0.2, 0.25) is 0 Å². The minimum atomic E-state index is -4.77. The van der Waals surface area contributed by atoms with Gasteiger partial charge in [-0.15, -0.1) is 4.28 Å². The maximum Gasteiger partial charge on any atom is 0.418 e. The molecule has 1 unspecified atom stereocenters. The van der Waals surface area contributed by atoms with Crippen LogP contribution in [0, 0.1) is 0 Å². The van der Waals surface area contributed by atoms with Gasteiger partial charge in [0.1, 0.15) is 6.04 Å². The molecule has 3 amide bonds. The Hall–Kier alpha value is -1.43. The second kappa shape index (κ2) is 5.16. The van der Waals surface area contributed by atoms with Gasteiger partial charge in [0, 0.05) is 20.6 Å². The Kier molecular flexibility index (Phi) is 3.86. The summed E-state index contributed by atoms with van der Waals surface area (Å²) in [6, 6.07) is -1.92. The molecule has 10 nitrogen and oxygen atoms in total. The molecule has 0 radical (unpaired) electrons. The predicted octanol–water partition coefficient (Wildman–Crippen LogP) is -1.42. The van der Waals surface area contributed by atoms with Crippen LogP contribution >= 0.6 is 0 Å². The van der Waals surface area contributed by atoms with E-state index < -0.39 is 28.5 Å². The fraction of sp³-hybridized carbons (Fsp3) is 0.778. The number of amides is 3. The van der Waals surface area contributed by atoms with Crippen molar-refractivity contribution in [1.82, 2.24) is 20.4 Å². The zero-order chi connectivity index (χ0) is 15.1. The van der Waals surface area contributed by atoms with Crippen molar-refractivity contribution >= 4 is 22.3 Å². The summed E-state index contributed by atoms with van der Waals surface area (Å²) < 4.78 is 34.4. The summed E-state index contributed by atoms with van der Waals surface area (Å²) in [5.41, 5.74) is 2.55. The number of piperidine rings is 1. The van der Waals surface area contributed by atoms with Crippen molar-refractivity contribution < 1.29 is 26.8 Å². The Morgan fingerprint density at radius 2 is 2.10 bits per heavy atom. The van der Waals surface area contributed by atoms with Crippen LogP contribution in [0.25, 0.3) is 0 Å². The predicted molar refractivity (Wildman–Crippen MR) is 65.2 cm³/mol. The molecule has 0 spiro atoms. The van der Waals surface area contributed by atoms with E-state index in [1.165, 1.54) is 9.91 Å². The van der Waals surface area contributed by atoms with Gasteiger partial charge in [0.2, 0.25) is 0 Å². The van der Waals surface area contributed by atoms with E-state index in [2.05, 4.69) is 9.71 Å². The van der Waals surface area contributed by atoms with Crippen LogP contribution in [0.4, 0.5) is 4.79 Å². The number of hydrazine groups is 1. The van der Waals surface area contributed by atoms with Crippen molar-refractivity contribution in [3.63, 3.8) is 0 Å². The molecule has 114 valence electrons. The van der Waals surface area contributed by atoms with Gasteiger partial charge in [-0.3, -0.25) is 14.8 Å². The Balaban J connectivity index is 2.11. The van der Waals surface area contributed by atoms with E-state index in [0.29, 0.717) is 17.9 Å². The first-order valence-corrected chi connectivity index (χ1v) is 7.30. The van der Waals surface area contributed by atoms with Gasteiger partial charge < -0.3 is 4.90 Å². The molecule has 2 atom stereocenters. The number of urea groups is 1. The zero-order valence-electron chi connectivity index (χ0n) is 11.0. The zero-order valence-corrected chi connectivity index (χ0v) is 11.8. The first-order chi connectivity index (χ1) is 9.19. The van der Waals surface area contributed by atoms with Crippen LogP contribution in [0.5, 0.6) is 0 Å². The molecular formula is C9H16N4O6S. The monoisotopic (exact) mass is 308 g/mol. The fourth-order valence-electron chi connectivity index (χ4n) is 2.40. The fourth-order valence-corrected chi connectivity index (χ4v) is 2.79. The van der Waals surface area contributed by atoms with E-state index in [0.717, 1.165) is 0 Å². The molecule has 20 heavy (non-hydrogen) atoms. The molecule has 2 heterocycles. The molecule has 0 aromatic carbocycles. The number of hydrogen-bond acceptors (Lipinski definition) is 6. The summed E-state index contributed by atoms with van der Waals surface area (Å²) in [5.74, 6) is -0.351. The molecule has 2 fully saturated rings. The number of hydroxylamine groups is 2. The van der Waals surface area contributed by atoms with E-state index in [1.807, 2.05) is 0 Å². The van der Waals surface area contributed by atoms with E-state index in [4.69, 9.17) is 4.55 Å². The molecule has 0 aromatic rings. The Bertz CT molecular complexity index is 521. The van der Waals surface area contributed by atoms with Gasteiger partial charge in [0.25, 0.3) is 5.91 Å². The number of nitrogens with one attached hydrogen (secondary N) is 1. The van der Waals surface area contributed by atoms with Crippen molar-refractivity contribution in [3.05, 3.63) is 0 Å². The minimum Gasteiger partial charge on any atom is -0.309 e. The number of carbonyl (C=O) groups is 2. The van der Waals surface area contributed by atoms with Crippen molar-refractivity contribution in [1.29, 1.82) is 0 Å². The summed E-state index contributed by atoms with van der Waals surface area (Å²) >= 11 is 0. The van der Waals surface area contributed by atoms with Gasteiger partial charge in [-0.05, 0) is 12.8 Å². The van der Waals surface area contributed by atoms with Crippen LogP contribution in [0.15, 0.2) is 0 Å². The SMILES string of the molecule is CN(C)NC(=O)[C@@H]1CCC2CN1C(=O)N2OS(=O)(=O)O. The third-order valence-electron chi connectivity index (χ3n) is 3.13. The summed E-state index contributed by atoms with van der Waals surface area (Å²) in [7, 11) is -1.48. The molecule has 2 N–H and O–H groups in total. The second-order valence-electron chi connectivity index (χ2n) is 4.88. The van der Waals surface area contributed by atoms with E-state index in [9.17, 15) is 18.0 Å². The Morgan fingerprint density at radius 1 is 1.45 bits per heavy atom. The van der Waals surface area contributed by atoms with Gasteiger partial charge in [-0.2, -0.15) is 13.5 Å². The highest BCUT2D eigenvalue weighted by molar-refractivity contribution is 7.80. The number of rotatable bonds is 4. The first kappa shape index (κ1) is 15.0. The number of nitrogens with zero attached hydrogens (tertiary/aromatic N) is 3. The van der Waals surface area contributed by atoms with Crippen LogP contribution < -0.4 is 5.43 Å². The van der Waals surface area contributed by atoms with Crippen LogP contribution in [0.1, 0.15) is 12.8 Å². The molecule has 0 aromatic heterocycles. The lowest BCUT2D eigenvalue weighted by atomic mass is 10.0. The maximum atomic E-state index is 12.0. The van der Waals surface area contributed by atoms with Gasteiger partial charge in [0.15, 0.2) is 0 Å². The normalized spacial score (nSPS) is 26.3. The molecule has 0 saturated carbocycles. The first-order valence-electron chi connectivity index (χ1n) is 5.93. The minimum absolute atomic E-state index is 0.180. The lowest BCUT2D eigenvalue weighted by Gasteiger charge is -2.30. The van der Waals surface area contributed by atoms with Gasteiger partial charge >= 0.3 is 16.4 Å². The van der Waals surface area contributed by atoms with Crippen molar-refractivity contribution in [3.8, 4) is 0 Å². The smallest absolute Gasteiger partial charge is 0.309 e. The van der Waals surface area contributed by atoms with Gasteiger partial charge in [0.05, 0.1) is 6.04 Å². The third kappa shape index (κ3) is 3.00. The summed E-state index contributed by atoms with van der Waals surface area (Å²) in [6.07, 6.45) is 0.796. The standard InChI is InChI=1S/C9H16N4O6S/c1-11(2)10-8(14)7-4-3-6-5-12(7)9(15)13(6)19-20(16,17)18/h6-7H,3-5H2,1-2H3,(H,10,14)(H,16,17,18)/t6?,7-/m0/s1. The molecule has 2 saturated heterocycles. The topological polar surface area (TPSA) is 119 Å². The summed E-state index contributed by atoms with van der Waals surface area (Å²) in [4.78, 5) is 25.2. The third-order valence-corrected chi connectivity index (χ3v) is 3.48. The highest BCUT2D eigenvalue weighted by atomic mass is 32.3. The van der Waals surface area contributed by atoms with Gasteiger partial charge in [-0.1, -0.05) is 0 Å². The Labute approximate surface area is 116 Å². The van der Waals surface area contributed by atoms with Crippen molar-refractivity contribution in [2.75, 3.05) is 20.6 Å². The largest absolute Gasteiger partial charge is 0.418 e. The lowest BCUT2D eigenvalue weighted by Crippen LogP contribution is -2.52. The highest BCUT2D eigenvalue weighted by Gasteiger charge is 2.49. The van der Waals surface area contributed by atoms with Crippen LogP contribution in [-0.4, -0.2) is 72.6 Å². The molecule has 2 aliphatic rings. The molecular weight excluding hydrogens is 292 g/mol. The molecule has 2 aliphatic heterocycles. The number of carbonyl (C=O) groups excluding carboxylic acids is 2. The average Bonchev–Trinajstić information content (AvgIpc) is 2.52. The number of hydrogen-bond donors (Lipinski definition) is 2. The summed E-state index contributed by atoms with van der Waals surface area (Å²) in [5, 5.41) is 2.07. The van der Waals surface area contributed by atoms with Crippen LogP contribution in [-0.2, 0) is 19.5 Å². The molecule has 2 bridgehead atoms. The van der Waals surface area contributed by atoms with Crippen molar-refractivity contribution in [2.45, 2.75) is 24.9 Å². The lowest BCUT2D eigenvalue weighted by molar-refractivity contribution is -0.129. The van der Waals surface area contributed by atoms with E-state index in [1.54, 1.807) is 14.1 Å².